The Morgan fingerprint density at radius 2 is 1.81 bits per heavy atom. The number of hydrogen-bond donors (Lipinski definition) is 6. The first-order valence-corrected chi connectivity index (χ1v) is 11.7. The molecule has 0 aromatic heterocycles. The SMILES string of the molecule is CC(C)C[C@H](NP(=O)(O)CNC(=O)OCc1ccccc1)C(=O)N[C@@H](CCN)C(=O)O. The normalized spacial score (nSPS) is 14.9. The second kappa shape index (κ2) is 13.1. The molecule has 0 radical (unpaired) electrons. The van der Waals surface area contributed by atoms with E-state index in [1.54, 1.807) is 38.1 Å². The number of ether oxygens (including phenoxy) is 1. The van der Waals surface area contributed by atoms with Gasteiger partial charge in [0.25, 0.3) is 7.52 Å². The zero-order valence-corrected chi connectivity index (χ0v) is 18.5. The molecule has 12 heteroatoms. The summed E-state index contributed by atoms with van der Waals surface area (Å²) < 4.78 is 17.5. The van der Waals surface area contributed by atoms with Crippen molar-refractivity contribution >= 4 is 25.5 Å². The zero-order chi connectivity index (χ0) is 23.4. The standard InChI is InChI=1S/C19H31N4O7P/c1-13(2)10-16(17(24)22-15(8-9-20)18(25)26)23-31(28,29)12-21-19(27)30-11-14-6-4-3-5-7-14/h3-7,13,15-16H,8-12,20H2,1-2H3,(H,21,27)(H,22,24)(H,25,26)(H2,23,28,29)/t15-,16-/m0/s1. The van der Waals surface area contributed by atoms with Crippen LogP contribution in [0.4, 0.5) is 4.79 Å². The van der Waals surface area contributed by atoms with E-state index in [2.05, 4.69) is 15.7 Å². The minimum Gasteiger partial charge on any atom is -0.480 e. The third-order valence-electron chi connectivity index (χ3n) is 4.10. The van der Waals surface area contributed by atoms with E-state index in [0.717, 1.165) is 5.56 Å². The molecule has 0 fully saturated rings. The summed E-state index contributed by atoms with van der Waals surface area (Å²) in [6.07, 6.45) is -1.38. The third kappa shape index (κ3) is 10.9. The lowest BCUT2D eigenvalue weighted by molar-refractivity contribution is -0.142. The highest BCUT2D eigenvalue weighted by Crippen LogP contribution is 2.35. The van der Waals surface area contributed by atoms with Gasteiger partial charge in [0.05, 0.1) is 6.04 Å². The van der Waals surface area contributed by atoms with E-state index in [1.807, 2.05) is 6.07 Å². The van der Waals surface area contributed by atoms with E-state index in [9.17, 15) is 28.9 Å². The Hall–Kier alpha value is -2.46. The van der Waals surface area contributed by atoms with Crippen LogP contribution in [-0.2, 0) is 25.5 Å². The van der Waals surface area contributed by atoms with Gasteiger partial charge in [0, 0.05) is 0 Å². The Labute approximate surface area is 181 Å². The third-order valence-corrected chi connectivity index (χ3v) is 5.40. The van der Waals surface area contributed by atoms with Crippen LogP contribution in [0.25, 0.3) is 0 Å². The fourth-order valence-corrected chi connectivity index (χ4v) is 3.77. The molecule has 174 valence electrons. The molecule has 1 aromatic carbocycles. The Bertz CT molecular complexity index is 776. The predicted octanol–water partition coefficient (Wildman–Crippen LogP) is 0.978. The number of nitrogens with one attached hydrogen (secondary N) is 3. The van der Waals surface area contributed by atoms with Gasteiger partial charge in [-0.05, 0) is 30.9 Å². The minimum absolute atomic E-state index is 0.00800. The zero-order valence-electron chi connectivity index (χ0n) is 17.6. The van der Waals surface area contributed by atoms with Crippen molar-refractivity contribution in [3.8, 4) is 0 Å². The maximum absolute atomic E-state index is 12.5. The van der Waals surface area contributed by atoms with Crippen molar-refractivity contribution < 1.29 is 33.7 Å². The number of carboxylic acids is 1. The van der Waals surface area contributed by atoms with Crippen LogP contribution in [0.2, 0.25) is 0 Å². The van der Waals surface area contributed by atoms with Crippen molar-refractivity contribution in [1.82, 2.24) is 15.7 Å². The Morgan fingerprint density at radius 1 is 1.16 bits per heavy atom. The number of amides is 2. The largest absolute Gasteiger partial charge is 0.480 e. The second-order valence-electron chi connectivity index (χ2n) is 7.39. The maximum Gasteiger partial charge on any atom is 0.407 e. The quantitative estimate of drug-likeness (QED) is 0.235. The van der Waals surface area contributed by atoms with Gasteiger partial charge in [-0.25, -0.2) is 14.7 Å². The number of nitrogens with two attached hydrogens (primary N) is 1. The molecule has 1 unspecified atom stereocenters. The van der Waals surface area contributed by atoms with Gasteiger partial charge in [-0.15, -0.1) is 0 Å². The van der Waals surface area contributed by atoms with Crippen molar-refractivity contribution in [2.45, 2.75) is 45.4 Å². The molecule has 0 aliphatic rings. The van der Waals surface area contributed by atoms with E-state index in [0.29, 0.717) is 0 Å². The molecule has 0 aliphatic heterocycles. The van der Waals surface area contributed by atoms with Crippen molar-refractivity contribution in [1.29, 1.82) is 0 Å². The number of carboxylic acid groups (broad SMARTS) is 1. The molecule has 0 bridgehead atoms. The second-order valence-corrected chi connectivity index (χ2v) is 9.36. The molecule has 7 N–H and O–H groups in total. The lowest BCUT2D eigenvalue weighted by atomic mass is 10.0. The Kier molecular flexibility index (Phi) is 11.2. The molecule has 31 heavy (non-hydrogen) atoms. The van der Waals surface area contributed by atoms with E-state index >= 15 is 0 Å². The van der Waals surface area contributed by atoms with Crippen LogP contribution in [0.1, 0.15) is 32.3 Å². The summed E-state index contributed by atoms with van der Waals surface area (Å²) in [5, 5.41) is 16.0. The molecule has 11 nitrogen and oxygen atoms in total. The summed E-state index contributed by atoms with van der Waals surface area (Å²) in [6.45, 7) is 3.65. The molecule has 1 rings (SSSR count). The molecule has 0 saturated heterocycles. The lowest BCUT2D eigenvalue weighted by Crippen LogP contribution is -2.50. The summed E-state index contributed by atoms with van der Waals surface area (Å²) in [6, 6.07) is 6.55. The number of alkyl carbamates (subject to hydrolysis) is 1. The summed E-state index contributed by atoms with van der Waals surface area (Å²) in [5.74, 6) is -2.03. The number of aliphatic carboxylic acids is 1. The number of carbonyl (C=O) groups excluding carboxylic acids is 2. The first-order valence-electron chi connectivity index (χ1n) is 9.81. The smallest absolute Gasteiger partial charge is 0.407 e. The van der Waals surface area contributed by atoms with Crippen molar-refractivity contribution in [3.05, 3.63) is 35.9 Å². The van der Waals surface area contributed by atoms with Crippen LogP contribution in [0.15, 0.2) is 30.3 Å². The van der Waals surface area contributed by atoms with Crippen LogP contribution in [-0.4, -0.2) is 52.9 Å². The maximum atomic E-state index is 12.5. The van der Waals surface area contributed by atoms with Crippen LogP contribution in [0.5, 0.6) is 0 Å². The summed E-state index contributed by atoms with van der Waals surface area (Å²) in [7, 11) is -4.19. The minimum atomic E-state index is -4.19. The van der Waals surface area contributed by atoms with Crippen LogP contribution >= 0.6 is 7.52 Å². The Balaban J connectivity index is 2.65. The molecule has 0 saturated carbocycles. The topological polar surface area (TPSA) is 180 Å². The van der Waals surface area contributed by atoms with Gasteiger partial charge in [0.2, 0.25) is 5.91 Å². The molecule has 1 aromatic rings. The highest BCUT2D eigenvalue weighted by Gasteiger charge is 2.31. The monoisotopic (exact) mass is 458 g/mol. The molecule has 0 aliphatic carbocycles. The fraction of sp³-hybridized carbons (Fsp3) is 0.526. The number of hydrogen-bond acceptors (Lipinski definition) is 6. The van der Waals surface area contributed by atoms with Gasteiger partial charge >= 0.3 is 12.1 Å². The molecule has 3 atom stereocenters. The van der Waals surface area contributed by atoms with Crippen LogP contribution in [0.3, 0.4) is 0 Å². The molecule has 0 spiro atoms. The molecule has 2 amide bonds. The van der Waals surface area contributed by atoms with Gasteiger partial charge in [0.1, 0.15) is 18.9 Å². The molecular weight excluding hydrogens is 427 g/mol. The van der Waals surface area contributed by atoms with Gasteiger partial charge in [-0.3, -0.25) is 9.36 Å². The first kappa shape index (κ1) is 26.6. The lowest BCUT2D eigenvalue weighted by Gasteiger charge is -2.25. The van der Waals surface area contributed by atoms with Gasteiger partial charge in [-0.1, -0.05) is 44.2 Å². The van der Waals surface area contributed by atoms with E-state index in [1.165, 1.54) is 0 Å². The Morgan fingerprint density at radius 3 is 2.35 bits per heavy atom. The molecule has 0 heterocycles. The van der Waals surface area contributed by atoms with Gasteiger partial charge in [-0.2, -0.15) is 0 Å². The van der Waals surface area contributed by atoms with Crippen molar-refractivity contribution in [2.75, 3.05) is 12.8 Å². The number of rotatable bonds is 13. The van der Waals surface area contributed by atoms with E-state index in [4.69, 9.17) is 10.5 Å². The first-order chi connectivity index (χ1) is 14.5. The van der Waals surface area contributed by atoms with Crippen LogP contribution in [0, 0.1) is 5.92 Å². The highest BCUT2D eigenvalue weighted by molar-refractivity contribution is 7.55. The summed E-state index contributed by atoms with van der Waals surface area (Å²) in [4.78, 5) is 45.8. The summed E-state index contributed by atoms with van der Waals surface area (Å²) >= 11 is 0. The predicted molar refractivity (Wildman–Crippen MR) is 114 cm³/mol. The summed E-state index contributed by atoms with van der Waals surface area (Å²) in [5.41, 5.74) is 6.12. The number of benzene rings is 1. The highest BCUT2D eigenvalue weighted by atomic mass is 31.2. The van der Waals surface area contributed by atoms with E-state index in [-0.39, 0.29) is 31.9 Å². The van der Waals surface area contributed by atoms with Crippen molar-refractivity contribution in [2.24, 2.45) is 11.7 Å². The average Bonchev–Trinajstić information content (AvgIpc) is 2.70. The van der Waals surface area contributed by atoms with Gasteiger partial charge < -0.3 is 31.1 Å². The van der Waals surface area contributed by atoms with Crippen molar-refractivity contribution in [3.63, 3.8) is 0 Å². The van der Waals surface area contributed by atoms with Gasteiger partial charge in [0.15, 0.2) is 0 Å². The van der Waals surface area contributed by atoms with E-state index < -0.39 is 43.9 Å². The van der Waals surface area contributed by atoms with Crippen LogP contribution < -0.4 is 21.5 Å². The number of carbonyl (C=O) groups is 3. The molecular formula is C19H31N4O7P. The fourth-order valence-electron chi connectivity index (χ4n) is 2.62. The average molecular weight is 458 g/mol.